The number of benzene rings is 3. The van der Waals surface area contributed by atoms with Crippen molar-refractivity contribution in [2.24, 2.45) is 0 Å². The summed E-state index contributed by atoms with van der Waals surface area (Å²) in [5, 5.41) is 20.4. The highest BCUT2D eigenvalue weighted by Gasteiger charge is 2.29. The molecule has 0 fully saturated rings. The maximum absolute atomic E-state index is 12.2. The molecule has 4 heteroatoms. The molecule has 3 aromatic carbocycles. The van der Waals surface area contributed by atoms with Gasteiger partial charge in [-0.1, -0.05) is 54.6 Å². The van der Waals surface area contributed by atoms with E-state index in [9.17, 15) is 15.2 Å². The van der Waals surface area contributed by atoms with Gasteiger partial charge in [0.05, 0.1) is 22.7 Å². The number of nitriles is 1. The lowest BCUT2D eigenvalue weighted by Gasteiger charge is -2.25. The zero-order valence-electron chi connectivity index (χ0n) is 18.5. The third-order valence-electron chi connectivity index (χ3n) is 6.86. The third-order valence-corrected chi connectivity index (χ3v) is 6.86. The molecule has 33 heavy (non-hydrogen) atoms. The smallest absolute Gasteiger partial charge is 0.337 e. The highest BCUT2D eigenvalue weighted by molar-refractivity contribution is 6.04. The van der Waals surface area contributed by atoms with E-state index in [1.165, 1.54) is 16.8 Å². The molecule has 5 rings (SSSR count). The summed E-state index contributed by atoms with van der Waals surface area (Å²) in [4.78, 5) is 12.2. The normalized spacial score (nSPS) is 15.2. The van der Waals surface area contributed by atoms with Crippen LogP contribution in [0.5, 0.6) is 0 Å². The fourth-order valence-electron chi connectivity index (χ4n) is 5.42. The van der Waals surface area contributed by atoms with Crippen molar-refractivity contribution in [3.63, 3.8) is 0 Å². The number of rotatable bonds is 6. The first-order valence-electron chi connectivity index (χ1n) is 11.6. The maximum atomic E-state index is 12.2. The fraction of sp³-hybridized carbons (Fsp3) is 0.241. The quantitative estimate of drug-likeness (QED) is 0.387. The van der Waals surface area contributed by atoms with Gasteiger partial charge in [0.25, 0.3) is 0 Å². The Kier molecular flexibility index (Phi) is 5.71. The summed E-state index contributed by atoms with van der Waals surface area (Å²) in [5.41, 5.74) is 6.71. The van der Waals surface area contributed by atoms with Crippen molar-refractivity contribution in [2.75, 3.05) is 0 Å². The van der Waals surface area contributed by atoms with Crippen molar-refractivity contribution in [2.45, 2.75) is 44.6 Å². The molecule has 0 aliphatic heterocycles. The van der Waals surface area contributed by atoms with Gasteiger partial charge in [-0.25, -0.2) is 4.79 Å². The molecule has 0 bridgehead atoms. The van der Waals surface area contributed by atoms with Crippen molar-refractivity contribution in [3.05, 3.63) is 106 Å². The Morgan fingerprint density at radius 1 is 1.03 bits per heavy atom. The van der Waals surface area contributed by atoms with Gasteiger partial charge in [-0.15, -0.1) is 0 Å². The van der Waals surface area contributed by atoms with E-state index in [4.69, 9.17) is 0 Å². The summed E-state index contributed by atoms with van der Waals surface area (Å²) in [6, 6.07) is 26.1. The van der Waals surface area contributed by atoms with E-state index in [1.54, 1.807) is 12.1 Å². The highest BCUT2D eigenvalue weighted by Crippen LogP contribution is 2.42. The van der Waals surface area contributed by atoms with Gasteiger partial charge in [0.2, 0.25) is 0 Å². The molecule has 4 nitrogen and oxygen atoms in total. The van der Waals surface area contributed by atoms with Crippen LogP contribution >= 0.6 is 0 Å². The number of aryl methyl sites for hydroxylation is 1. The van der Waals surface area contributed by atoms with Gasteiger partial charge < -0.3 is 9.67 Å². The van der Waals surface area contributed by atoms with Gasteiger partial charge in [0.1, 0.15) is 0 Å². The van der Waals surface area contributed by atoms with E-state index in [0.717, 1.165) is 48.6 Å². The molecule has 0 saturated carbocycles. The first-order valence-corrected chi connectivity index (χ1v) is 11.6. The lowest BCUT2D eigenvalue weighted by atomic mass is 9.81. The zero-order chi connectivity index (χ0) is 22.8. The van der Waals surface area contributed by atoms with Crippen LogP contribution in [-0.4, -0.2) is 15.6 Å². The van der Waals surface area contributed by atoms with Crippen molar-refractivity contribution in [3.8, 4) is 6.07 Å². The van der Waals surface area contributed by atoms with E-state index in [2.05, 4.69) is 41.0 Å². The van der Waals surface area contributed by atoms with Crippen LogP contribution in [0.2, 0.25) is 0 Å². The van der Waals surface area contributed by atoms with Crippen LogP contribution in [0.25, 0.3) is 10.9 Å². The molecule has 1 aliphatic rings. The monoisotopic (exact) mass is 434 g/mol. The minimum atomic E-state index is -0.900. The largest absolute Gasteiger partial charge is 0.478 e. The summed E-state index contributed by atoms with van der Waals surface area (Å²) in [7, 11) is 0. The SMILES string of the molecule is N#Cc1cccc(Cn2c3c(c4cccc(C(=O)O)c42)C(CCc2ccccc2)CCC3)c1. The standard InChI is InChI=1S/C29H26N2O2/c30-18-21-9-4-10-22(17-21)19-31-26-14-5-11-23(16-15-20-7-2-1-3-8-20)27(26)24-12-6-13-25(28(24)31)29(32)33/h1-4,6-10,12-13,17,23H,5,11,14-16,19H2,(H,32,33). The molecule has 4 aromatic rings. The van der Waals surface area contributed by atoms with Crippen molar-refractivity contribution in [1.29, 1.82) is 5.26 Å². The average molecular weight is 435 g/mol. The third kappa shape index (κ3) is 4.03. The number of carboxylic acid groups (broad SMARTS) is 1. The highest BCUT2D eigenvalue weighted by atomic mass is 16.4. The topological polar surface area (TPSA) is 66.0 Å². The van der Waals surface area contributed by atoms with Crippen LogP contribution in [0.3, 0.4) is 0 Å². The van der Waals surface area contributed by atoms with E-state index < -0.39 is 5.97 Å². The molecule has 0 radical (unpaired) electrons. The number of fused-ring (bicyclic) bond motifs is 3. The molecular formula is C29H26N2O2. The van der Waals surface area contributed by atoms with E-state index >= 15 is 0 Å². The molecule has 0 amide bonds. The van der Waals surface area contributed by atoms with Crippen molar-refractivity contribution in [1.82, 2.24) is 4.57 Å². The minimum Gasteiger partial charge on any atom is -0.478 e. The molecular weight excluding hydrogens is 408 g/mol. The number of aromatic nitrogens is 1. The summed E-state index contributed by atoms with van der Waals surface area (Å²) < 4.78 is 2.21. The summed E-state index contributed by atoms with van der Waals surface area (Å²) in [6.45, 7) is 0.567. The van der Waals surface area contributed by atoms with E-state index in [-0.39, 0.29) is 0 Å². The fourth-order valence-corrected chi connectivity index (χ4v) is 5.42. The van der Waals surface area contributed by atoms with Gasteiger partial charge in [0, 0.05) is 17.6 Å². The molecule has 0 saturated heterocycles. The number of hydrogen-bond donors (Lipinski definition) is 1. The van der Waals surface area contributed by atoms with Crippen LogP contribution in [0.1, 0.15) is 63.5 Å². The minimum absolute atomic E-state index is 0.347. The van der Waals surface area contributed by atoms with Crippen LogP contribution in [0.4, 0.5) is 0 Å². The van der Waals surface area contributed by atoms with Crippen molar-refractivity contribution < 1.29 is 9.90 Å². The van der Waals surface area contributed by atoms with Crippen LogP contribution in [0, 0.1) is 11.3 Å². The number of nitrogens with zero attached hydrogens (tertiary/aromatic N) is 2. The molecule has 1 N–H and O–H groups in total. The first-order chi connectivity index (χ1) is 16.2. The first kappa shape index (κ1) is 21.0. The Bertz CT molecular complexity index is 1360. The summed E-state index contributed by atoms with van der Waals surface area (Å²) >= 11 is 0. The molecule has 1 heterocycles. The number of carbonyl (C=O) groups is 1. The molecule has 1 unspecified atom stereocenters. The molecule has 1 aliphatic carbocycles. The van der Waals surface area contributed by atoms with Gasteiger partial charge >= 0.3 is 5.97 Å². The van der Waals surface area contributed by atoms with Crippen LogP contribution in [0.15, 0.2) is 72.8 Å². The second-order valence-corrected chi connectivity index (χ2v) is 8.88. The zero-order valence-corrected chi connectivity index (χ0v) is 18.5. The summed E-state index contributed by atoms with van der Waals surface area (Å²) in [6.07, 6.45) is 5.24. The second kappa shape index (κ2) is 8.96. The average Bonchev–Trinajstić information content (AvgIpc) is 3.17. The van der Waals surface area contributed by atoms with Gasteiger partial charge in [-0.05, 0) is 72.9 Å². The van der Waals surface area contributed by atoms with Crippen LogP contribution in [-0.2, 0) is 19.4 Å². The number of carboxylic acids is 1. The lowest BCUT2D eigenvalue weighted by Crippen LogP contribution is -2.14. The van der Waals surface area contributed by atoms with Gasteiger partial charge in [-0.3, -0.25) is 0 Å². The van der Waals surface area contributed by atoms with E-state index in [1.807, 2.05) is 30.3 Å². The Morgan fingerprint density at radius 2 is 1.82 bits per heavy atom. The lowest BCUT2D eigenvalue weighted by molar-refractivity contribution is 0.0698. The Balaban J connectivity index is 1.62. The number of hydrogen-bond acceptors (Lipinski definition) is 2. The molecule has 1 atom stereocenters. The predicted octanol–water partition coefficient (Wildman–Crippen LogP) is 6.31. The number of aromatic carboxylic acids is 1. The van der Waals surface area contributed by atoms with Crippen LogP contribution < -0.4 is 0 Å². The maximum Gasteiger partial charge on any atom is 0.337 e. The molecule has 164 valence electrons. The van der Waals surface area contributed by atoms with E-state index in [0.29, 0.717) is 23.6 Å². The Hall–Kier alpha value is -3.84. The Morgan fingerprint density at radius 3 is 2.61 bits per heavy atom. The number of para-hydroxylation sites is 1. The predicted molar refractivity (Wildman–Crippen MR) is 130 cm³/mol. The summed E-state index contributed by atoms with van der Waals surface area (Å²) in [5.74, 6) is -0.490. The Labute approximate surface area is 193 Å². The van der Waals surface area contributed by atoms with Crippen molar-refractivity contribution >= 4 is 16.9 Å². The van der Waals surface area contributed by atoms with Gasteiger partial charge in [-0.2, -0.15) is 5.26 Å². The molecule has 0 spiro atoms. The molecule has 1 aromatic heterocycles. The second-order valence-electron chi connectivity index (χ2n) is 8.88. The van der Waals surface area contributed by atoms with Gasteiger partial charge in [0.15, 0.2) is 0 Å².